The predicted molar refractivity (Wildman–Crippen MR) is 40.9 cm³/mol. The minimum Gasteiger partial charge on any atom is -0.265 e. The molecule has 0 aliphatic rings. The van der Waals surface area contributed by atoms with Crippen molar-refractivity contribution in [1.29, 1.82) is 0 Å². The van der Waals surface area contributed by atoms with Crippen molar-refractivity contribution >= 4 is 12.8 Å². The van der Waals surface area contributed by atoms with Gasteiger partial charge in [0, 0.05) is 0 Å². The Balaban J connectivity index is 3.58. The Morgan fingerprint density at radius 2 is 1.25 bits per heavy atom. The summed E-state index contributed by atoms with van der Waals surface area (Å²) < 4.78 is 0.903. The van der Waals surface area contributed by atoms with Gasteiger partial charge in [-0.05, 0) is 20.8 Å². The highest BCUT2D eigenvalue weighted by Crippen LogP contribution is 2.08. The molecule has 0 radical (unpaired) electrons. The van der Waals surface area contributed by atoms with Crippen molar-refractivity contribution in [2.45, 2.75) is 20.8 Å². The van der Waals surface area contributed by atoms with Crippen LogP contribution in [0.15, 0.2) is 0 Å². The molecule has 0 aromatic carbocycles. The van der Waals surface area contributed by atoms with Gasteiger partial charge in [0.25, 0.3) is 0 Å². The quantitative estimate of drug-likeness (QED) is 0.441. The van der Waals surface area contributed by atoms with E-state index in [9.17, 15) is 0 Å². The lowest BCUT2D eigenvalue weighted by Crippen LogP contribution is -2.37. The lowest BCUT2D eigenvalue weighted by molar-refractivity contribution is -0.786. The van der Waals surface area contributed by atoms with Gasteiger partial charge in [0.2, 0.25) is 0 Å². The number of thiol groups is 1. The van der Waals surface area contributed by atoms with Crippen LogP contribution in [-0.2, 0) is 0 Å². The first-order chi connectivity index (χ1) is 3.68. The molecule has 0 fully saturated rings. The third-order valence-corrected chi connectivity index (χ3v) is 2.61. The fourth-order valence-corrected chi connectivity index (χ4v) is 0.671. The van der Waals surface area contributed by atoms with Crippen molar-refractivity contribution in [1.82, 2.24) is 0 Å². The maximum atomic E-state index is 4.46. The Morgan fingerprint density at radius 1 is 1.00 bits per heavy atom. The average molecular weight is 134 g/mol. The second-order valence-corrected chi connectivity index (χ2v) is 2.89. The van der Waals surface area contributed by atoms with E-state index in [2.05, 4.69) is 33.6 Å². The van der Waals surface area contributed by atoms with Crippen LogP contribution in [0.4, 0.5) is 0 Å². The van der Waals surface area contributed by atoms with Gasteiger partial charge in [-0.25, -0.2) is 0 Å². The normalized spacial score (nSPS) is 12.0. The highest BCUT2D eigenvalue weighted by atomic mass is 32.1. The molecule has 2 heteroatoms. The van der Waals surface area contributed by atoms with E-state index in [1.165, 1.54) is 0 Å². The van der Waals surface area contributed by atoms with Crippen LogP contribution in [0.1, 0.15) is 20.8 Å². The molecule has 0 aliphatic carbocycles. The van der Waals surface area contributed by atoms with E-state index in [1.807, 2.05) is 0 Å². The maximum Gasteiger partial charge on any atom is 0.0861 e. The average Bonchev–Trinajstić information content (AvgIpc) is 1.87. The van der Waals surface area contributed by atoms with Gasteiger partial charge in [-0.2, -0.15) is 0 Å². The summed E-state index contributed by atoms with van der Waals surface area (Å²) in [5, 5.41) is 0. The lowest BCUT2D eigenvalue weighted by Gasteiger charge is -2.27. The summed E-state index contributed by atoms with van der Waals surface area (Å²) in [5.74, 6) is 0. The van der Waals surface area contributed by atoms with Crippen LogP contribution < -0.4 is 0 Å². The van der Waals surface area contributed by atoms with E-state index < -0.39 is 0 Å². The third kappa shape index (κ3) is 2.05. The van der Waals surface area contributed by atoms with Gasteiger partial charge in [0.1, 0.15) is 0 Å². The van der Waals surface area contributed by atoms with Crippen LogP contribution in [-0.4, -0.2) is 23.5 Å². The fraction of sp³-hybridized carbons (Fsp3) is 1.00. The summed E-state index contributed by atoms with van der Waals surface area (Å²) in [6.07, 6.45) is 0. The molecule has 50 valence electrons. The van der Waals surface area contributed by atoms with Gasteiger partial charge < -0.3 is 0 Å². The summed E-state index contributed by atoms with van der Waals surface area (Å²) in [6.45, 7) is 9.86. The summed E-state index contributed by atoms with van der Waals surface area (Å²) in [4.78, 5) is 0. The molecular formula is C6H16NS+. The molecule has 0 unspecified atom stereocenters. The zero-order valence-corrected chi connectivity index (χ0v) is 6.91. The van der Waals surface area contributed by atoms with E-state index in [0.717, 1.165) is 23.5 Å². The van der Waals surface area contributed by atoms with Crippen LogP contribution in [0.2, 0.25) is 0 Å². The summed E-state index contributed by atoms with van der Waals surface area (Å²) in [6, 6.07) is 0. The van der Waals surface area contributed by atoms with Crippen LogP contribution in [0.3, 0.4) is 0 Å². The molecule has 8 heavy (non-hydrogen) atoms. The highest BCUT2D eigenvalue weighted by molar-refractivity contribution is 7.74. The van der Waals surface area contributed by atoms with Crippen molar-refractivity contribution in [3.63, 3.8) is 0 Å². The van der Waals surface area contributed by atoms with Crippen molar-refractivity contribution in [3.05, 3.63) is 0 Å². The van der Waals surface area contributed by atoms with Crippen LogP contribution in [0.25, 0.3) is 0 Å². The zero-order valence-electron chi connectivity index (χ0n) is 6.02. The van der Waals surface area contributed by atoms with Crippen LogP contribution >= 0.6 is 12.8 Å². The molecule has 0 amide bonds. The summed E-state index contributed by atoms with van der Waals surface area (Å²) in [5.41, 5.74) is 0. The van der Waals surface area contributed by atoms with Crippen LogP contribution in [0, 0.1) is 0 Å². The van der Waals surface area contributed by atoms with E-state index in [1.54, 1.807) is 0 Å². The molecule has 0 saturated carbocycles. The first kappa shape index (κ1) is 8.31. The molecule has 0 aromatic heterocycles. The van der Waals surface area contributed by atoms with Crippen molar-refractivity contribution in [2.24, 2.45) is 0 Å². The third-order valence-electron chi connectivity index (χ3n) is 1.77. The van der Waals surface area contributed by atoms with E-state index in [4.69, 9.17) is 0 Å². The monoisotopic (exact) mass is 134 g/mol. The first-order valence-corrected chi connectivity index (χ1v) is 3.67. The van der Waals surface area contributed by atoms with Gasteiger partial charge in [-0.15, -0.1) is 0 Å². The van der Waals surface area contributed by atoms with Crippen molar-refractivity contribution in [2.75, 3.05) is 19.6 Å². The number of hydrogen-bond acceptors (Lipinski definition) is 1. The number of hydrogen-bond donors (Lipinski definition) is 1. The molecule has 1 nitrogen and oxygen atoms in total. The molecular weight excluding hydrogens is 118 g/mol. The molecule has 0 aromatic rings. The summed E-state index contributed by atoms with van der Waals surface area (Å²) >= 11 is 4.46. The van der Waals surface area contributed by atoms with Gasteiger partial charge in [0.05, 0.1) is 32.4 Å². The number of nitrogens with zero attached hydrogens (tertiary/aromatic N) is 1. The Hall–Kier alpha value is 0.310. The second kappa shape index (κ2) is 3.36. The Bertz CT molecular complexity index is 51.3. The topological polar surface area (TPSA) is 0 Å². The summed E-state index contributed by atoms with van der Waals surface area (Å²) in [7, 11) is 0. The van der Waals surface area contributed by atoms with E-state index in [-0.39, 0.29) is 0 Å². The van der Waals surface area contributed by atoms with Gasteiger partial charge in [-0.3, -0.25) is 3.89 Å². The SMILES string of the molecule is CC[N+](S)(CC)CC. The maximum absolute atomic E-state index is 4.46. The smallest absolute Gasteiger partial charge is 0.0861 e. The molecule has 0 rings (SSSR count). The highest BCUT2D eigenvalue weighted by Gasteiger charge is 2.13. The first-order valence-electron chi connectivity index (χ1n) is 3.27. The minimum atomic E-state index is 0.903. The standard InChI is InChI=1S/C6H16NS/c1-4-7(8,5-2)6-3/h8H,4-6H2,1-3H3/q+1. The van der Waals surface area contributed by atoms with Gasteiger partial charge in [0.15, 0.2) is 0 Å². The molecule has 0 atom stereocenters. The molecule has 0 heterocycles. The Morgan fingerprint density at radius 3 is 1.25 bits per heavy atom. The predicted octanol–water partition coefficient (Wildman–Crippen LogP) is 1.71. The van der Waals surface area contributed by atoms with Gasteiger partial charge >= 0.3 is 0 Å². The van der Waals surface area contributed by atoms with E-state index >= 15 is 0 Å². The lowest BCUT2D eigenvalue weighted by atomic mass is 10.5. The largest absolute Gasteiger partial charge is 0.265 e. The fourth-order valence-electron chi connectivity index (χ4n) is 0.671. The van der Waals surface area contributed by atoms with Crippen molar-refractivity contribution < 1.29 is 3.89 Å². The van der Waals surface area contributed by atoms with Crippen LogP contribution in [0.5, 0.6) is 0 Å². The number of quaternary nitrogens is 1. The van der Waals surface area contributed by atoms with Crippen molar-refractivity contribution in [3.8, 4) is 0 Å². The zero-order chi connectivity index (χ0) is 6.62. The molecule has 0 bridgehead atoms. The van der Waals surface area contributed by atoms with Gasteiger partial charge in [-0.1, -0.05) is 0 Å². The second-order valence-electron chi connectivity index (χ2n) is 2.04. The molecule has 0 N–H and O–H groups in total. The number of rotatable bonds is 3. The van der Waals surface area contributed by atoms with E-state index in [0.29, 0.717) is 0 Å². The molecule has 0 spiro atoms. The molecule has 0 aliphatic heterocycles. The Labute approximate surface area is 57.8 Å². The molecule has 0 saturated heterocycles. The minimum absolute atomic E-state index is 0.903. The Kier molecular flexibility index (Phi) is 3.49.